The van der Waals surface area contributed by atoms with Crippen LogP contribution in [0.5, 0.6) is 5.75 Å². The molecule has 1 heterocycles. The van der Waals surface area contributed by atoms with Crippen LogP contribution in [-0.4, -0.2) is 40.2 Å². The minimum atomic E-state index is -2.88. The first kappa shape index (κ1) is 29.8. The summed E-state index contributed by atoms with van der Waals surface area (Å²) < 4.78 is 25.0. The van der Waals surface area contributed by atoms with Gasteiger partial charge >= 0.3 is 5.97 Å². The van der Waals surface area contributed by atoms with Gasteiger partial charge in [-0.1, -0.05) is 106 Å². The number of allylic oxidation sites excluding steroid dienone is 1. The van der Waals surface area contributed by atoms with Crippen molar-refractivity contribution in [3.05, 3.63) is 103 Å². The molecule has 3 aromatic rings. The third kappa shape index (κ3) is 7.30. The fraction of sp³-hybridized carbons (Fsp3) is 0.382. The number of hydrogen-bond acceptors (Lipinski definition) is 5. The molecule has 0 saturated carbocycles. The van der Waals surface area contributed by atoms with Crippen molar-refractivity contribution < 1.29 is 23.4 Å². The van der Waals surface area contributed by atoms with Crippen molar-refractivity contribution in [2.75, 3.05) is 13.7 Å². The standard InChI is InChI=1S/C34H42O5Si/c1-34(2,3)40(29-15-9-7-10-16-29,30-17-11-8-12-18-30)39-31-19-13-5-6-14-20-33(35)38-32(31)26-37-25-27-21-23-28(36-4)24-22-27/h5,7-13,15-18,21-24,31-32H,6,14,19-20,25-26H2,1-4H3/b13-5-/t31-,32+/m1/s1. The maximum Gasteiger partial charge on any atom is 0.306 e. The number of benzene rings is 3. The number of cyclic esters (lactones) is 1. The lowest BCUT2D eigenvalue weighted by Gasteiger charge is -2.46. The molecule has 0 bridgehead atoms. The number of methoxy groups -OCH3 is 1. The van der Waals surface area contributed by atoms with E-state index in [1.807, 2.05) is 36.4 Å². The second-order valence-corrected chi connectivity index (χ2v) is 15.6. The van der Waals surface area contributed by atoms with Crippen molar-refractivity contribution >= 4 is 24.7 Å². The highest BCUT2D eigenvalue weighted by atomic mass is 28.4. The molecule has 5 nitrogen and oxygen atoms in total. The Bertz CT molecular complexity index is 1180. The Hall–Kier alpha value is -3.19. The quantitative estimate of drug-likeness (QED) is 0.178. The molecule has 0 aliphatic carbocycles. The Labute approximate surface area is 240 Å². The highest BCUT2D eigenvalue weighted by molar-refractivity contribution is 6.99. The van der Waals surface area contributed by atoms with E-state index in [-0.39, 0.29) is 23.7 Å². The van der Waals surface area contributed by atoms with Crippen molar-refractivity contribution in [1.82, 2.24) is 0 Å². The molecule has 1 aliphatic heterocycles. The van der Waals surface area contributed by atoms with Crippen LogP contribution in [0.3, 0.4) is 0 Å². The maximum absolute atomic E-state index is 12.9. The number of esters is 1. The van der Waals surface area contributed by atoms with Gasteiger partial charge in [0.25, 0.3) is 8.32 Å². The lowest BCUT2D eigenvalue weighted by atomic mass is 10.1. The van der Waals surface area contributed by atoms with E-state index < -0.39 is 14.4 Å². The first-order valence-electron chi connectivity index (χ1n) is 14.2. The van der Waals surface area contributed by atoms with Crippen molar-refractivity contribution in [1.29, 1.82) is 0 Å². The fourth-order valence-electron chi connectivity index (χ4n) is 5.37. The van der Waals surface area contributed by atoms with E-state index in [0.717, 1.165) is 24.2 Å². The molecule has 2 atom stereocenters. The second kappa shape index (κ2) is 13.9. The molecular formula is C34H42O5Si. The van der Waals surface area contributed by atoms with Crippen LogP contribution in [-0.2, 0) is 25.3 Å². The lowest BCUT2D eigenvalue weighted by Crippen LogP contribution is -2.68. The van der Waals surface area contributed by atoms with E-state index >= 15 is 0 Å². The van der Waals surface area contributed by atoms with Crippen LogP contribution in [0, 0.1) is 0 Å². The van der Waals surface area contributed by atoms with Gasteiger partial charge in [0.05, 0.1) is 26.4 Å². The SMILES string of the molecule is COc1ccc(COC[C@@H]2OC(=O)CCC/C=C\C[C@H]2O[Si](c2ccccc2)(c2ccccc2)C(C)(C)C)cc1. The van der Waals surface area contributed by atoms with Gasteiger partial charge in [0.2, 0.25) is 0 Å². The lowest BCUT2D eigenvalue weighted by molar-refractivity contribution is -0.159. The number of ether oxygens (including phenoxy) is 3. The van der Waals surface area contributed by atoms with E-state index in [9.17, 15) is 4.79 Å². The highest BCUT2D eigenvalue weighted by Crippen LogP contribution is 2.38. The molecule has 6 heteroatoms. The number of rotatable bonds is 9. The van der Waals surface area contributed by atoms with E-state index in [2.05, 4.69) is 81.5 Å². The van der Waals surface area contributed by atoms with Gasteiger partial charge in [0.15, 0.2) is 6.10 Å². The molecule has 0 radical (unpaired) electrons. The Balaban J connectivity index is 1.70. The van der Waals surface area contributed by atoms with Crippen LogP contribution in [0.15, 0.2) is 97.1 Å². The van der Waals surface area contributed by atoms with E-state index in [4.69, 9.17) is 18.6 Å². The average Bonchev–Trinajstić information content (AvgIpc) is 2.96. The summed E-state index contributed by atoms with van der Waals surface area (Å²) in [6.45, 7) is 7.43. The summed E-state index contributed by atoms with van der Waals surface area (Å²) >= 11 is 0. The van der Waals surface area contributed by atoms with E-state index in [1.165, 1.54) is 10.4 Å². The van der Waals surface area contributed by atoms with Gasteiger partial charge in [0, 0.05) is 6.42 Å². The van der Waals surface area contributed by atoms with E-state index in [0.29, 0.717) is 19.4 Å². The maximum atomic E-state index is 12.9. The largest absolute Gasteiger partial charge is 0.497 e. The Kier molecular flexibility index (Phi) is 10.4. The summed E-state index contributed by atoms with van der Waals surface area (Å²) in [6, 6.07) is 28.9. The molecule has 40 heavy (non-hydrogen) atoms. The predicted octanol–water partition coefficient (Wildman–Crippen LogP) is 6.20. The molecule has 0 saturated heterocycles. The Morgan fingerprint density at radius 2 is 1.50 bits per heavy atom. The summed E-state index contributed by atoms with van der Waals surface area (Å²) in [7, 11) is -1.22. The minimum absolute atomic E-state index is 0.201. The zero-order valence-corrected chi connectivity index (χ0v) is 25.2. The number of hydrogen-bond donors (Lipinski definition) is 0. The van der Waals surface area contributed by atoms with Crippen LogP contribution in [0.4, 0.5) is 0 Å². The normalized spacial score (nSPS) is 19.4. The monoisotopic (exact) mass is 558 g/mol. The first-order chi connectivity index (χ1) is 19.3. The zero-order chi connectivity index (χ0) is 28.4. The van der Waals surface area contributed by atoms with Gasteiger partial charge in [-0.25, -0.2) is 0 Å². The fourth-order valence-corrected chi connectivity index (χ4v) is 10.1. The van der Waals surface area contributed by atoms with Crippen molar-refractivity contribution in [3.63, 3.8) is 0 Å². The number of carbonyl (C=O) groups is 1. The molecule has 3 aromatic carbocycles. The molecule has 0 amide bonds. The predicted molar refractivity (Wildman–Crippen MR) is 163 cm³/mol. The van der Waals surface area contributed by atoms with Gasteiger partial charge in [0.1, 0.15) is 5.75 Å². The Morgan fingerprint density at radius 3 is 2.08 bits per heavy atom. The van der Waals surface area contributed by atoms with Gasteiger partial charge in [-0.2, -0.15) is 0 Å². The van der Waals surface area contributed by atoms with Crippen LogP contribution in [0.25, 0.3) is 0 Å². The van der Waals surface area contributed by atoms with Crippen LogP contribution < -0.4 is 15.1 Å². The molecule has 0 spiro atoms. The second-order valence-electron chi connectivity index (χ2n) is 11.3. The molecule has 1 aliphatic rings. The number of carbonyl (C=O) groups excluding carboxylic acids is 1. The van der Waals surface area contributed by atoms with E-state index in [1.54, 1.807) is 7.11 Å². The third-order valence-electron chi connectivity index (χ3n) is 7.44. The summed E-state index contributed by atoms with van der Waals surface area (Å²) in [5.41, 5.74) is 1.02. The zero-order valence-electron chi connectivity index (χ0n) is 24.2. The summed E-state index contributed by atoms with van der Waals surface area (Å²) in [4.78, 5) is 12.9. The average molecular weight is 559 g/mol. The molecule has 4 rings (SSSR count). The summed E-state index contributed by atoms with van der Waals surface area (Å²) in [5, 5.41) is 2.19. The molecule has 212 valence electrons. The van der Waals surface area contributed by atoms with Crippen molar-refractivity contribution in [3.8, 4) is 5.75 Å². The van der Waals surface area contributed by atoms with Crippen LogP contribution >= 0.6 is 0 Å². The first-order valence-corrected chi connectivity index (χ1v) is 16.1. The van der Waals surface area contributed by atoms with Gasteiger partial charge in [-0.05, 0) is 52.4 Å². The van der Waals surface area contributed by atoms with Gasteiger partial charge < -0.3 is 18.6 Å². The molecule has 0 unspecified atom stereocenters. The van der Waals surface area contributed by atoms with Crippen molar-refractivity contribution in [2.24, 2.45) is 0 Å². The summed E-state index contributed by atoms with van der Waals surface area (Å²) in [5.74, 6) is 0.597. The van der Waals surface area contributed by atoms with Crippen LogP contribution in [0.1, 0.15) is 52.0 Å². The summed E-state index contributed by atoms with van der Waals surface area (Å²) in [6.07, 6.45) is 6.05. The molecule has 0 aromatic heterocycles. The highest BCUT2D eigenvalue weighted by Gasteiger charge is 2.52. The minimum Gasteiger partial charge on any atom is -0.497 e. The smallest absolute Gasteiger partial charge is 0.306 e. The van der Waals surface area contributed by atoms with Crippen molar-refractivity contribution in [2.45, 2.75) is 70.3 Å². The molecule has 0 fully saturated rings. The topological polar surface area (TPSA) is 54.0 Å². The van der Waals surface area contributed by atoms with Gasteiger partial charge in [-0.3, -0.25) is 4.79 Å². The third-order valence-corrected chi connectivity index (χ3v) is 12.5. The Morgan fingerprint density at radius 1 is 0.875 bits per heavy atom. The molecular weight excluding hydrogens is 516 g/mol. The molecule has 0 N–H and O–H groups in total. The van der Waals surface area contributed by atoms with Gasteiger partial charge in [-0.15, -0.1) is 0 Å². The van der Waals surface area contributed by atoms with Crippen LogP contribution in [0.2, 0.25) is 5.04 Å².